The van der Waals surface area contributed by atoms with E-state index in [4.69, 9.17) is 17.3 Å². The van der Waals surface area contributed by atoms with Gasteiger partial charge in [0.2, 0.25) is 0 Å². The monoisotopic (exact) mass is 287 g/mol. The van der Waals surface area contributed by atoms with Crippen molar-refractivity contribution in [2.24, 2.45) is 11.7 Å². The van der Waals surface area contributed by atoms with Crippen LogP contribution in [0.4, 0.5) is 4.39 Å². The summed E-state index contributed by atoms with van der Waals surface area (Å²) in [6.45, 7) is 0. The third kappa shape index (κ3) is 4.15. The Morgan fingerprint density at radius 2 is 2.11 bits per heavy atom. The molecular formula is C14H19ClFNS. The van der Waals surface area contributed by atoms with Gasteiger partial charge in [-0.3, -0.25) is 0 Å². The number of hydrogen-bond acceptors (Lipinski definition) is 2. The number of nitrogens with two attached hydrogens (primary N) is 1. The summed E-state index contributed by atoms with van der Waals surface area (Å²) >= 11 is 7.80. The minimum Gasteiger partial charge on any atom is -0.327 e. The van der Waals surface area contributed by atoms with Crippen molar-refractivity contribution in [1.29, 1.82) is 0 Å². The fourth-order valence-corrected chi connectivity index (χ4v) is 3.87. The molecule has 0 aromatic heterocycles. The average Bonchev–Trinajstić information content (AvgIpc) is 2.35. The van der Waals surface area contributed by atoms with E-state index in [1.165, 1.54) is 30.4 Å². The second-order valence-corrected chi connectivity index (χ2v) is 6.64. The van der Waals surface area contributed by atoms with E-state index in [2.05, 4.69) is 0 Å². The molecule has 0 amide bonds. The third-order valence-corrected chi connectivity index (χ3v) is 4.80. The number of halogens is 2. The fourth-order valence-electron chi connectivity index (χ4n) is 2.46. The maximum absolute atomic E-state index is 13.0. The lowest BCUT2D eigenvalue weighted by Crippen LogP contribution is -2.27. The summed E-state index contributed by atoms with van der Waals surface area (Å²) in [4.78, 5) is 0. The van der Waals surface area contributed by atoms with Crippen LogP contribution in [-0.2, 0) is 6.42 Å². The van der Waals surface area contributed by atoms with Crippen molar-refractivity contribution in [3.05, 3.63) is 34.6 Å². The van der Waals surface area contributed by atoms with Crippen LogP contribution in [0.15, 0.2) is 18.2 Å². The van der Waals surface area contributed by atoms with E-state index in [1.54, 1.807) is 12.1 Å². The molecule has 2 rings (SSSR count). The highest BCUT2D eigenvalue weighted by molar-refractivity contribution is 7.99. The van der Waals surface area contributed by atoms with Gasteiger partial charge in [-0.25, -0.2) is 4.39 Å². The molecule has 1 heterocycles. The molecule has 0 bridgehead atoms. The van der Waals surface area contributed by atoms with Crippen molar-refractivity contribution < 1.29 is 4.39 Å². The molecule has 1 aliphatic heterocycles. The van der Waals surface area contributed by atoms with Crippen molar-refractivity contribution in [3.63, 3.8) is 0 Å². The fraction of sp³-hybridized carbons (Fsp3) is 0.571. The predicted molar refractivity (Wildman–Crippen MR) is 77.8 cm³/mol. The Kier molecular flexibility index (Phi) is 5.34. The lowest BCUT2D eigenvalue weighted by molar-refractivity contribution is 0.406. The molecule has 100 valence electrons. The molecule has 1 aromatic rings. The summed E-state index contributed by atoms with van der Waals surface area (Å²) < 4.78 is 13.0. The molecule has 1 aromatic carbocycles. The van der Waals surface area contributed by atoms with Gasteiger partial charge in [0.25, 0.3) is 0 Å². The van der Waals surface area contributed by atoms with E-state index < -0.39 is 0 Å². The standard InChI is InChI=1S/C14H19ClFNS/c15-13-9-11(1-2-14(13)16)8-12(17)7-10-3-5-18-6-4-10/h1-2,9-10,12H,3-8,17H2. The first kappa shape index (κ1) is 14.2. The quantitative estimate of drug-likeness (QED) is 0.909. The number of hydrogen-bond donors (Lipinski definition) is 1. The van der Waals surface area contributed by atoms with Crippen LogP contribution in [0, 0.1) is 11.7 Å². The lowest BCUT2D eigenvalue weighted by atomic mass is 9.91. The van der Waals surface area contributed by atoms with Gasteiger partial charge >= 0.3 is 0 Å². The summed E-state index contributed by atoms with van der Waals surface area (Å²) in [6, 6.07) is 5.03. The zero-order valence-electron chi connectivity index (χ0n) is 10.4. The van der Waals surface area contributed by atoms with Crippen molar-refractivity contribution in [2.45, 2.75) is 31.7 Å². The van der Waals surface area contributed by atoms with Gasteiger partial charge in [0.15, 0.2) is 0 Å². The molecule has 18 heavy (non-hydrogen) atoms. The van der Waals surface area contributed by atoms with Gasteiger partial charge in [-0.1, -0.05) is 17.7 Å². The van der Waals surface area contributed by atoms with Crippen molar-refractivity contribution >= 4 is 23.4 Å². The summed E-state index contributed by atoms with van der Waals surface area (Å²) in [6.07, 6.45) is 4.41. The lowest BCUT2D eigenvalue weighted by Gasteiger charge is -2.24. The molecule has 0 radical (unpaired) electrons. The normalized spacial score (nSPS) is 18.8. The first-order valence-corrected chi connectivity index (χ1v) is 7.95. The van der Waals surface area contributed by atoms with Crippen LogP contribution in [0.2, 0.25) is 5.02 Å². The predicted octanol–water partition coefficient (Wildman–Crippen LogP) is 3.88. The summed E-state index contributed by atoms with van der Waals surface area (Å²) in [7, 11) is 0. The molecular weight excluding hydrogens is 269 g/mol. The molecule has 1 saturated heterocycles. The second kappa shape index (κ2) is 6.78. The van der Waals surface area contributed by atoms with Gasteiger partial charge in [-0.15, -0.1) is 0 Å². The van der Waals surface area contributed by atoms with E-state index in [9.17, 15) is 4.39 Å². The largest absolute Gasteiger partial charge is 0.327 e. The topological polar surface area (TPSA) is 26.0 Å². The van der Waals surface area contributed by atoms with E-state index in [-0.39, 0.29) is 16.9 Å². The van der Waals surface area contributed by atoms with Gasteiger partial charge < -0.3 is 5.73 Å². The summed E-state index contributed by atoms with van der Waals surface area (Å²) in [5, 5.41) is 0.189. The minimum atomic E-state index is -0.363. The summed E-state index contributed by atoms with van der Waals surface area (Å²) in [5.74, 6) is 2.93. The van der Waals surface area contributed by atoms with Gasteiger partial charge in [0.1, 0.15) is 5.82 Å². The Labute approximate surface area is 117 Å². The molecule has 2 N–H and O–H groups in total. The molecule has 1 atom stereocenters. The Morgan fingerprint density at radius 1 is 1.39 bits per heavy atom. The van der Waals surface area contributed by atoms with E-state index in [0.29, 0.717) is 0 Å². The van der Waals surface area contributed by atoms with Crippen LogP contribution in [0.1, 0.15) is 24.8 Å². The highest BCUT2D eigenvalue weighted by Gasteiger charge is 2.17. The number of rotatable bonds is 4. The van der Waals surface area contributed by atoms with Crippen molar-refractivity contribution in [2.75, 3.05) is 11.5 Å². The van der Waals surface area contributed by atoms with Crippen LogP contribution in [0.25, 0.3) is 0 Å². The molecule has 1 nitrogen and oxygen atoms in total. The Balaban J connectivity index is 1.85. The van der Waals surface area contributed by atoms with Gasteiger partial charge in [-0.2, -0.15) is 11.8 Å². The summed E-state index contributed by atoms with van der Waals surface area (Å²) in [5.41, 5.74) is 7.21. The highest BCUT2D eigenvalue weighted by Crippen LogP contribution is 2.27. The Morgan fingerprint density at radius 3 is 2.78 bits per heavy atom. The van der Waals surface area contributed by atoms with E-state index >= 15 is 0 Å². The van der Waals surface area contributed by atoms with Gasteiger partial charge in [0, 0.05) is 6.04 Å². The third-order valence-electron chi connectivity index (χ3n) is 3.46. The first-order chi connectivity index (χ1) is 8.65. The molecule has 1 fully saturated rings. The van der Waals surface area contributed by atoms with E-state index in [0.717, 1.165) is 24.3 Å². The Bertz CT molecular complexity index is 393. The van der Waals surface area contributed by atoms with Crippen LogP contribution in [0.5, 0.6) is 0 Å². The maximum atomic E-state index is 13.0. The molecule has 0 aliphatic carbocycles. The van der Waals surface area contributed by atoms with E-state index in [1.807, 2.05) is 11.8 Å². The van der Waals surface area contributed by atoms with Crippen LogP contribution < -0.4 is 5.73 Å². The van der Waals surface area contributed by atoms with Crippen molar-refractivity contribution in [3.8, 4) is 0 Å². The maximum Gasteiger partial charge on any atom is 0.141 e. The second-order valence-electron chi connectivity index (χ2n) is 5.00. The molecule has 0 spiro atoms. The molecule has 1 aliphatic rings. The van der Waals surface area contributed by atoms with Crippen LogP contribution >= 0.6 is 23.4 Å². The van der Waals surface area contributed by atoms with Crippen molar-refractivity contribution in [1.82, 2.24) is 0 Å². The zero-order chi connectivity index (χ0) is 13.0. The molecule has 0 saturated carbocycles. The zero-order valence-corrected chi connectivity index (χ0v) is 11.9. The number of thioether (sulfide) groups is 1. The van der Waals surface area contributed by atoms with Crippen LogP contribution in [0.3, 0.4) is 0 Å². The Hall–Kier alpha value is -0.250. The molecule has 4 heteroatoms. The minimum absolute atomic E-state index is 0.152. The van der Waals surface area contributed by atoms with Crippen LogP contribution in [-0.4, -0.2) is 17.5 Å². The van der Waals surface area contributed by atoms with Gasteiger partial charge in [0.05, 0.1) is 5.02 Å². The number of benzene rings is 1. The average molecular weight is 288 g/mol. The first-order valence-electron chi connectivity index (χ1n) is 6.42. The highest BCUT2D eigenvalue weighted by atomic mass is 35.5. The van der Waals surface area contributed by atoms with Gasteiger partial charge in [-0.05, 0) is 60.8 Å². The molecule has 1 unspecified atom stereocenters. The SMILES string of the molecule is NC(Cc1ccc(F)c(Cl)c1)CC1CCSCC1. The smallest absolute Gasteiger partial charge is 0.141 e.